The standard InChI is InChI=1S/C21H20F4N4O/c1-13-27-18-11-15(22)4-5-16(18)20(30)29(13)12-14-6-9-28(10-7-14)19-17(21(23,24)25)3-2-8-26-19/h2-5,8,11,14H,6-7,9-10,12H2,1H3. The van der Waals surface area contributed by atoms with Gasteiger partial charge < -0.3 is 4.90 Å². The molecule has 5 nitrogen and oxygen atoms in total. The number of hydrogen-bond donors (Lipinski definition) is 0. The molecule has 2 aromatic heterocycles. The van der Waals surface area contributed by atoms with Crippen LogP contribution in [0.15, 0.2) is 41.3 Å². The third-order valence-electron chi connectivity index (χ3n) is 5.56. The maximum Gasteiger partial charge on any atom is 0.419 e. The summed E-state index contributed by atoms with van der Waals surface area (Å²) in [6.07, 6.45) is -1.84. The normalized spacial score (nSPS) is 15.7. The fraction of sp³-hybridized carbons (Fsp3) is 0.381. The monoisotopic (exact) mass is 420 g/mol. The van der Waals surface area contributed by atoms with E-state index in [1.54, 1.807) is 16.4 Å². The maximum atomic E-state index is 13.4. The molecule has 0 aliphatic carbocycles. The van der Waals surface area contributed by atoms with Gasteiger partial charge in [0.1, 0.15) is 17.5 Å². The van der Waals surface area contributed by atoms with Crippen LogP contribution < -0.4 is 10.5 Å². The van der Waals surface area contributed by atoms with Crippen molar-refractivity contribution in [3.63, 3.8) is 0 Å². The van der Waals surface area contributed by atoms with E-state index in [2.05, 4.69) is 9.97 Å². The van der Waals surface area contributed by atoms with Gasteiger partial charge in [0.05, 0.1) is 16.5 Å². The lowest BCUT2D eigenvalue weighted by atomic mass is 9.96. The fourth-order valence-corrected chi connectivity index (χ4v) is 3.98. The minimum Gasteiger partial charge on any atom is -0.356 e. The predicted molar refractivity (Wildman–Crippen MR) is 105 cm³/mol. The SMILES string of the molecule is Cc1nc2cc(F)ccc2c(=O)n1CC1CCN(c2ncccc2C(F)(F)F)CC1. The van der Waals surface area contributed by atoms with Crippen molar-refractivity contribution >= 4 is 16.7 Å². The summed E-state index contributed by atoms with van der Waals surface area (Å²) in [6, 6.07) is 6.22. The van der Waals surface area contributed by atoms with Crippen LogP contribution in [-0.4, -0.2) is 27.6 Å². The Morgan fingerprint density at radius 3 is 2.60 bits per heavy atom. The zero-order valence-electron chi connectivity index (χ0n) is 16.3. The zero-order chi connectivity index (χ0) is 21.5. The molecule has 0 bridgehead atoms. The summed E-state index contributed by atoms with van der Waals surface area (Å²) in [5.74, 6) is 0.109. The average Bonchev–Trinajstić information content (AvgIpc) is 2.71. The quantitative estimate of drug-likeness (QED) is 0.597. The van der Waals surface area contributed by atoms with Gasteiger partial charge in [-0.2, -0.15) is 13.2 Å². The van der Waals surface area contributed by atoms with Gasteiger partial charge in [0.25, 0.3) is 5.56 Å². The Hall–Kier alpha value is -2.97. The number of benzene rings is 1. The van der Waals surface area contributed by atoms with Crippen LogP contribution in [0, 0.1) is 18.7 Å². The summed E-state index contributed by atoms with van der Waals surface area (Å²) in [5, 5.41) is 0.350. The predicted octanol–water partition coefficient (Wildman–Crippen LogP) is 4.17. The second-order valence-corrected chi connectivity index (χ2v) is 7.54. The van der Waals surface area contributed by atoms with E-state index in [9.17, 15) is 22.4 Å². The van der Waals surface area contributed by atoms with Crippen molar-refractivity contribution in [1.82, 2.24) is 14.5 Å². The number of fused-ring (bicyclic) bond motifs is 1. The molecule has 158 valence electrons. The molecular weight excluding hydrogens is 400 g/mol. The topological polar surface area (TPSA) is 51.0 Å². The molecule has 1 aliphatic heterocycles. The Balaban J connectivity index is 1.51. The lowest BCUT2D eigenvalue weighted by Crippen LogP contribution is -2.38. The molecule has 1 aliphatic rings. The molecule has 0 radical (unpaired) electrons. The lowest BCUT2D eigenvalue weighted by molar-refractivity contribution is -0.137. The number of nitrogens with zero attached hydrogens (tertiary/aromatic N) is 4. The Morgan fingerprint density at radius 1 is 1.17 bits per heavy atom. The van der Waals surface area contributed by atoms with Crippen molar-refractivity contribution in [3.8, 4) is 0 Å². The summed E-state index contributed by atoms with van der Waals surface area (Å²) in [6.45, 7) is 2.97. The summed E-state index contributed by atoms with van der Waals surface area (Å²) >= 11 is 0. The van der Waals surface area contributed by atoms with Crippen LogP contribution in [0.1, 0.15) is 24.2 Å². The second kappa shape index (κ2) is 7.70. The highest BCUT2D eigenvalue weighted by Crippen LogP contribution is 2.36. The lowest BCUT2D eigenvalue weighted by Gasteiger charge is -2.34. The van der Waals surface area contributed by atoms with Gasteiger partial charge in [0.2, 0.25) is 0 Å². The number of halogens is 4. The molecule has 4 rings (SSSR count). The van der Waals surface area contributed by atoms with E-state index in [0.29, 0.717) is 49.2 Å². The van der Waals surface area contributed by atoms with Crippen molar-refractivity contribution < 1.29 is 17.6 Å². The number of piperidine rings is 1. The molecule has 1 aromatic carbocycles. The first-order valence-corrected chi connectivity index (χ1v) is 9.68. The molecule has 1 saturated heterocycles. The molecule has 3 heterocycles. The Kier molecular flexibility index (Phi) is 5.21. The molecule has 9 heteroatoms. The van der Waals surface area contributed by atoms with Gasteiger partial charge in [-0.05, 0) is 49.9 Å². The van der Waals surface area contributed by atoms with Crippen LogP contribution in [-0.2, 0) is 12.7 Å². The van der Waals surface area contributed by atoms with E-state index >= 15 is 0 Å². The largest absolute Gasteiger partial charge is 0.419 e. The van der Waals surface area contributed by atoms with Gasteiger partial charge in [-0.25, -0.2) is 14.4 Å². The minimum absolute atomic E-state index is 0.0498. The number of anilines is 1. The smallest absolute Gasteiger partial charge is 0.356 e. The van der Waals surface area contributed by atoms with Crippen LogP contribution >= 0.6 is 0 Å². The summed E-state index contributed by atoms with van der Waals surface area (Å²) in [4.78, 5) is 22.8. The second-order valence-electron chi connectivity index (χ2n) is 7.54. The highest BCUT2D eigenvalue weighted by Gasteiger charge is 2.36. The molecular formula is C21H20F4N4O. The highest BCUT2D eigenvalue weighted by atomic mass is 19.4. The van der Waals surface area contributed by atoms with Crippen molar-refractivity contribution in [1.29, 1.82) is 0 Å². The van der Waals surface area contributed by atoms with Crippen molar-refractivity contribution in [2.45, 2.75) is 32.5 Å². The Bertz CT molecular complexity index is 1130. The Labute approximate surface area is 170 Å². The average molecular weight is 420 g/mol. The summed E-state index contributed by atoms with van der Waals surface area (Å²) in [7, 11) is 0. The van der Waals surface area contributed by atoms with E-state index in [4.69, 9.17) is 0 Å². The van der Waals surface area contributed by atoms with Gasteiger partial charge in [-0.1, -0.05) is 0 Å². The third kappa shape index (κ3) is 3.88. The molecule has 0 unspecified atom stereocenters. The van der Waals surface area contributed by atoms with E-state index < -0.39 is 17.6 Å². The number of pyridine rings is 1. The maximum absolute atomic E-state index is 13.4. The molecule has 1 fully saturated rings. The molecule has 30 heavy (non-hydrogen) atoms. The van der Waals surface area contributed by atoms with Gasteiger partial charge in [0, 0.05) is 31.9 Å². The van der Waals surface area contributed by atoms with E-state index in [1.165, 1.54) is 30.5 Å². The number of alkyl halides is 3. The van der Waals surface area contributed by atoms with E-state index in [0.717, 1.165) is 6.07 Å². The van der Waals surface area contributed by atoms with Crippen molar-refractivity contribution in [2.75, 3.05) is 18.0 Å². The van der Waals surface area contributed by atoms with Crippen LogP contribution in [0.2, 0.25) is 0 Å². The minimum atomic E-state index is -4.46. The summed E-state index contributed by atoms with van der Waals surface area (Å²) in [5.41, 5.74) is -0.649. The van der Waals surface area contributed by atoms with Gasteiger partial charge >= 0.3 is 6.18 Å². The molecule has 3 aromatic rings. The van der Waals surface area contributed by atoms with E-state index in [1.807, 2.05) is 0 Å². The van der Waals surface area contributed by atoms with Gasteiger partial charge in [0.15, 0.2) is 0 Å². The van der Waals surface area contributed by atoms with Gasteiger partial charge in [-0.3, -0.25) is 9.36 Å². The first-order valence-electron chi connectivity index (χ1n) is 9.68. The van der Waals surface area contributed by atoms with Crippen LogP contribution in [0.25, 0.3) is 10.9 Å². The number of aryl methyl sites for hydroxylation is 1. The summed E-state index contributed by atoms with van der Waals surface area (Å²) < 4.78 is 54.8. The number of hydrogen-bond acceptors (Lipinski definition) is 4. The van der Waals surface area contributed by atoms with Gasteiger partial charge in [-0.15, -0.1) is 0 Å². The zero-order valence-corrected chi connectivity index (χ0v) is 16.3. The highest BCUT2D eigenvalue weighted by molar-refractivity contribution is 5.77. The molecule has 0 atom stereocenters. The number of aromatic nitrogens is 3. The molecule has 0 N–H and O–H groups in total. The molecule has 0 spiro atoms. The Morgan fingerprint density at radius 2 is 1.90 bits per heavy atom. The third-order valence-corrected chi connectivity index (χ3v) is 5.56. The van der Waals surface area contributed by atoms with E-state index in [-0.39, 0.29) is 17.3 Å². The first kappa shape index (κ1) is 20.3. The van der Waals surface area contributed by atoms with Crippen LogP contribution in [0.4, 0.5) is 23.4 Å². The van der Waals surface area contributed by atoms with Crippen molar-refractivity contribution in [2.24, 2.45) is 5.92 Å². The fourth-order valence-electron chi connectivity index (χ4n) is 3.98. The molecule has 0 saturated carbocycles. The molecule has 0 amide bonds. The number of rotatable bonds is 3. The van der Waals surface area contributed by atoms with Crippen molar-refractivity contribution in [3.05, 3.63) is 64.1 Å². The van der Waals surface area contributed by atoms with Crippen LogP contribution in [0.3, 0.4) is 0 Å². The first-order chi connectivity index (χ1) is 14.2. The van der Waals surface area contributed by atoms with Crippen LogP contribution in [0.5, 0.6) is 0 Å².